The van der Waals surface area contributed by atoms with Gasteiger partial charge in [0.1, 0.15) is 6.04 Å². The van der Waals surface area contributed by atoms with E-state index < -0.39 is 0 Å². The van der Waals surface area contributed by atoms with Crippen molar-refractivity contribution in [2.75, 3.05) is 26.2 Å². The highest BCUT2D eigenvalue weighted by molar-refractivity contribution is 5.76. The normalized spacial score (nSPS) is 23.0. The van der Waals surface area contributed by atoms with Crippen LogP contribution in [-0.2, 0) is 14.3 Å². The fraction of sp³-hybridized carbons (Fsp3) is 0.938. The molecule has 124 valence electrons. The number of morpholine rings is 1. The lowest BCUT2D eigenvalue weighted by atomic mass is 9.98. The van der Waals surface area contributed by atoms with Crippen LogP contribution in [0.1, 0.15) is 48.5 Å². The summed E-state index contributed by atoms with van der Waals surface area (Å²) in [5.41, 5.74) is -0.419. The highest BCUT2D eigenvalue weighted by atomic mass is 16.5. The Morgan fingerprint density at radius 3 is 2.19 bits per heavy atom. The molecular formula is C16H32N2O3. The number of hydrogen-bond donors (Lipinski definition) is 1. The minimum atomic E-state index is -0.297. The average molecular weight is 300 g/mol. The predicted molar refractivity (Wildman–Crippen MR) is 84.4 cm³/mol. The van der Waals surface area contributed by atoms with E-state index in [0.29, 0.717) is 13.2 Å². The van der Waals surface area contributed by atoms with E-state index in [1.807, 2.05) is 20.8 Å². The molecular weight excluding hydrogens is 268 g/mol. The van der Waals surface area contributed by atoms with Gasteiger partial charge in [0.15, 0.2) is 0 Å². The molecule has 1 atom stereocenters. The first kappa shape index (κ1) is 18.4. The number of nitrogens with one attached hydrogen (secondary N) is 1. The Morgan fingerprint density at radius 2 is 1.76 bits per heavy atom. The maximum absolute atomic E-state index is 12.1. The number of carbonyl (C=O) groups is 1. The largest absolute Gasteiger partial charge is 0.465 e. The smallest absolute Gasteiger partial charge is 0.324 e. The zero-order valence-electron chi connectivity index (χ0n) is 14.7. The number of esters is 1. The first-order valence-electron chi connectivity index (χ1n) is 7.90. The molecule has 21 heavy (non-hydrogen) atoms. The second kappa shape index (κ2) is 7.07. The molecule has 0 saturated carbocycles. The highest BCUT2D eigenvalue weighted by Crippen LogP contribution is 2.28. The van der Waals surface area contributed by atoms with Gasteiger partial charge in [0.25, 0.3) is 0 Å². The van der Waals surface area contributed by atoms with E-state index >= 15 is 0 Å². The Balaban J connectivity index is 2.75. The lowest BCUT2D eigenvalue weighted by Gasteiger charge is -2.47. The van der Waals surface area contributed by atoms with Crippen molar-refractivity contribution in [3.05, 3.63) is 0 Å². The molecule has 0 aromatic heterocycles. The summed E-state index contributed by atoms with van der Waals surface area (Å²) in [5.74, 6) is -0.173. The number of ether oxygens (including phenoxy) is 2. The van der Waals surface area contributed by atoms with Gasteiger partial charge in [-0.15, -0.1) is 0 Å². The number of nitrogens with zero attached hydrogens (tertiary/aromatic N) is 1. The van der Waals surface area contributed by atoms with Gasteiger partial charge < -0.3 is 14.8 Å². The number of rotatable bonds is 6. The van der Waals surface area contributed by atoms with Gasteiger partial charge in [0, 0.05) is 25.7 Å². The second-order valence-corrected chi connectivity index (χ2v) is 7.42. The fourth-order valence-electron chi connectivity index (χ4n) is 3.17. The SMILES string of the molecule is CCOC(=O)C(CN1CC(C)(C)OC(C)(C)C1)NC(C)C. The summed E-state index contributed by atoms with van der Waals surface area (Å²) >= 11 is 0. The maximum Gasteiger partial charge on any atom is 0.324 e. The summed E-state index contributed by atoms with van der Waals surface area (Å²) < 4.78 is 11.3. The van der Waals surface area contributed by atoms with Gasteiger partial charge in [-0.25, -0.2) is 0 Å². The zero-order valence-corrected chi connectivity index (χ0v) is 14.7. The molecule has 1 fully saturated rings. The van der Waals surface area contributed by atoms with E-state index in [1.54, 1.807) is 0 Å². The van der Waals surface area contributed by atoms with Crippen LogP contribution >= 0.6 is 0 Å². The van der Waals surface area contributed by atoms with E-state index in [9.17, 15) is 4.79 Å². The molecule has 0 amide bonds. The van der Waals surface area contributed by atoms with Crippen LogP contribution in [0, 0.1) is 0 Å². The molecule has 1 N–H and O–H groups in total. The van der Waals surface area contributed by atoms with Crippen molar-refractivity contribution < 1.29 is 14.3 Å². The van der Waals surface area contributed by atoms with Crippen molar-refractivity contribution in [2.24, 2.45) is 0 Å². The average Bonchev–Trinajstić information content (AvgIpc) is 2.23. The van der Waals surface area contributed by atoms with Crippen LogP contribution in [0.15, 0.2) is 0 Å². The number of carbonyl (C=O) groups excluding carboxylic acids is 1. The van der Waals surface area contributed by atoms with Gasteiger partial charge in [0.2, 0.25) is 0 Å². The molecule has 0 aliphatic carbocycles. The summed E-state index contributed by atoms with van der Waals surface area (Å²) in [7, 11) is 0. The molecule has 5 heteroatoms. The molecule has 1 heterocycles. The van der Waals surface area contributed by atoms with Crippen molar-refractivity contribution in [3.63, 3.8) is 0 Å². The van der Waals surface area contributed by atoms with Gasteiger partial charge >= 0.3 is 5.97 Å². The Bertz CT molecular complexity index is 337. The van der Waals surface area contributed by atoms with E-state index in [2.05, 4.69) is 37.9 Å². The zero-order chi connectivity index (χ0) is 16.3. The molecule has 1 rings (SSSR count). The summed E-state index contributed by atoms with van der Waals surface area (Å²) in [4.78, 5) is 14.4. The van der Waals surface area contributed by atoms with Gasteiger partial charge in [0.05, 0.1) is 17.8 Å². The third-order valence-corrected chi connectivity index (χ3v) is 3.31. The second-order valence-electron chi connectivity index (χ2n) is 7.42. The first-order valence-corrected chi connectivity index (χ1v) is 7.90. The van der Waals surface area contributed by atoms with E-state index in [4.69, 9.17) is 9.47 Å². The Hall–Kier alpha value is -0.650. The molecule has 0 aromatic carbocycles. The summed E-state index contributed by atoms with van der Waals surface area (Å²) in [5, 5.41) is 3.31. The van der Waals surface area contributed by atoms with Crippen molar-refractivity contribution in [3.8, 4) is 0 Å². The van der Waals surface area contributed by atoms with E-state index in [0.717, 1.165) is 13.1 Å². The van der Waals surface area contributed by atoms with Crippen LogP contribution in [0.25, 0.3) is 0 Å². The molecule has 1 saturated heterocycles. The molecule has 1 unspecified atom stereocenters. The Labute approximate surface area is 129 Å². The lowest BCUT2D eigenvalue weighted by Crippen LogP contribution is -2.60. The molecule has 0 radical (unpaired) electrons. The minimum Gasteiger partial charge on any atom is -0.465 e. The lowest BCUT2D eigenvalue weighted by molar-refractivity contribution is -0.183. The van der Waals surface area contributed by atoms with Gasteiger partial charge in [-0.05, 0) is 34.6 Å². The molecule has 0 spiro atoms. The topological polar surface area (TPSA) is 50.8 Å². The van der Waals surface area contributed by atoms with Crippen molar-refractivity contribution in [1.29, 1.82) is 0 Å². The van der Waals surface area contributed by atoms with Gasteiger partial charge in [-0.3, -0.25) is 9.69 Å². The van der Waals surface area contributed by atoms with Crippen LogP contribution in [0.2, 0.25) is 0 Å². The highest BCUT2D eigenvalue weighted by Gasteiger charge is 2.39. The Kier molecular flexibility index (Phi) is 6.20. The monoisotopic (exact) mass is 300 g/mol. The third kappa shape index (κ3) is 6.32. The Morgan fingerprint density at radius 1 is 1.24 bits per heavy atom. The molecule has 0 bridgehead atoms. The standard InChI is InChI=1S/C16H32N2O3/c1-8-20-14(19)13(17-12(2)3)9-18-10-15(4,5)21-16(6,7)11-18/h12-13,17H,8-11H2,1-7H3. The molecule has 1 aliphatic rings. The maximum atomic E-state index is 12.1. The fourth-order valence-corrected chi connectivity index (χ4v) is 3.17. The quantitative estimate of drug-likeness (QED) is 0.758. The molecule has 1 aliphatic heterocycles. The summed E-state index contributed by atoms with van der Waals surface area (Å²) in [6.45, 7) is 17.0. The van der Waals surface area contributed by atoms with Crippen molar-refractivity contribution in [2.45, 2.75) is 71.8 Å². The predicted octanol–water partition coefficient (Wildman–Crippen LogP) is 1.81. The van der Waals surface area contributed by atoms with Crippen LogP contribution in [0.4, 0.5) is 0 Å². The first-order chi connectivity index (χ1) is 9.54. The minimum absolute atomic E-state index is 0.173. The molecule has 0 aromatic rings. The van der Waals surface area contributed by atoms with Crippen LogP contribution in [0.3, 0.4) is 0 Å². The van der Waals surface area contributed by atoms with Crippen molar-refractivity contribution in [1.82, 2.24) is 10.2 Å². The van der Waals surface area contributed by atoms with Crippen LogP contribution < -0.4 is 5.32 Å². The summed E-state index contributed by atoms with van der Waals surface area (Å²) in [6, 6.07) is -0.0592. The van der Waals surface area contributed by atoms with Crippen LogP contribution in [-0.4, -0.2) is 60.4 Å². The molecule has 5 nitrogen and oxygen atoms in total. The van der Waals surface area contributed by atoms with Crippen LogP contribution in [0.5, 0.6) is 0 Å². The van der Waals surface area contributed by atoms with Gasteiger partial charge in [-0.2, -0.15) is 0 Å². The van der Waals surface area contributed by atoms with E-state index in [-0.39, 0.29) is 29.3 Å². The van der Waals surface area contributed by atoms with Crippen molar-refractivity contribution >= 4 is 5.97 Å². The van der Waals surface area contributed by atoms with E-state index in [1.165, 1.54) is 0 Å². The number of hydrogen-bond acceptors (Lipinski definition) is 5. The van der Waals surface area contributed by atoms with Gasteiger partial charge in [-0.1, -0.05) is 13.8 Å². The summed E-state index contributed by atoms with van der Waals surface area (Å²) in [6.07, 6.45) is 0. The third-order valence-electron chi connectivity index (χ3n) is 3.31.